The number of halogens is 2. The molecule has 1 aromatic heterocycles. The monoisotopic (exact) mass is 404 g/mol. The maximum atomic E-state index is 13.5. The number of amides is 3. The predicted molar refractivity (Wildman–Crippen MR) is 101 cm³/mol. The first-order valence-electron chi connectivity index (χ1n) is 8.05. The Bertz CT molecular complexity index is 1130. The standard InChI is InChI=1S/C19H14ClFN2O5/c1-10-6-18(25)28-15-8-16(12(20)7-11(10)15)27-9-17(24)23-19(26)22-14-5-3-2-4-13(14)21/h2-8H,9H2,1H3,(H2,22,23,24,26). The summed E-state index contributed by atoms with van der Waals surface area (Å²) in [6.07, 6.45) is 0. The van der Waals surface area contributed by atoms with Crippen LogP contribution in [0, 0.1) is 12.7 Å². The number of benzene rings is 2. The van der Waals surface area contributed by atoms with E-state index in [-0.39, 0.29) is 22.0 Å². The van der Waals surface area contributed by atoms with Crippen molar-refractivity contribution in [2.45, 2.75) is 6.92 Å². The first kappa shape index (κ1) is 19.4. The summed E-state index contributed by atoms with van der Waals surface area (Å²) in [7, 11) is 0. The van der Waals surface area contributed by atoms with Crippen molar-refractivity contribution in [3.63, 3.8) is 0 Å². The molecule has 1 heterocycles. The van der Waals surface area contributed by atoms with E-state index in [1.54, 1.807) is 13.0 Å². The molecule has 7 nitrogen and oxygen atoms in total. The summed E-state index contributed by atoms with van der Waals surface area (Å²) >= 11 is 6.13. The molecule has 0 spiro atoms. The van der Waals surface area contributed by atoms with Gasteiger partial charge in [-0.15, -0.1) is 0 Å². The summed E-state index contributed by atoms with van der Waals surface area (Å²) in [5.41, 5.74) is 0.335. The van der Waals surface area contributed by atoms with E-state index in [2.05, 4.69) is 5.32 Å². The second-order valence-electron chi connectivity index (χ2n) is 5.80. The predicted octanol–water partition coefficient (Wildman–Crippen LogP) is 3.62. The Morgan fingerprint density at radius 2 is 1.96 bits per heavy atom. The molecule has 2 aromatic carbocycles. The molecule has 0 aliphatic carbocycles. The largest absolute Gasteiger partial charge is 0.482 e. The van der Waals surface area contributed by atoms with Gasteiger partial charge in [0.1, 0.15) is 17.1 Å². The van der Waals surface area contributed by atoms with E-state index in [1.165, 1.54) is 36.4 Å². The average molecular weight is 405 g/mol. The van der Waals surface area contributed by atoms with Crippen molar-refractivity contribution in [1.82, 2.24) is 5.32 Å². The Morgan fingerprint density at radius 1 is 1.21 bits per heavy atom. The van der Waals surface area contributed by atoms with E-state index in [4.69, 9.17) is 20.8 Å². The number of anilines is 1. The third-order valence-electron chi connectivity index (χ3n) is 3.74. The molecule has 0 aliphatic heterocycles. The molecular weight excluding hydrogens is 391 g/mol. The van der Waals surface area contributed by atoms with Crippen LogP contribution in [0.3, 0.4) is 0 Å². The van der Waals surface area contributed by atoms with Gasteiger partial charge in [0.05, 0.1) is 10.7 Å². The molecule has 3 amide bonds. The first-order valence-corrected chi connectivity index (χ1v) is 8.43. The van der Waals surface area contributed by atoms with Crippen molar-refractivity contribution in [2.75, 3.05) is 11.9 Å². The van der Waals surface area contributed by atoms with E-state index < -0.39 is 30.0 Å². The van der Waals surface area contributed by atoms with E-state index in [0.717, 1.165) is 0 Å². The summed E-state index contributed by atoms with van der Waals surface area (Å²) in [5.74, 6) is -1.32. The maximum Gasteiger partial charge on any atom is 0.336 e. The molecule has 0 fully saturated rings. The van der Waals surface area contributed by atoms with E-state index in [0.29, 0.717) is 10.9 Å². The highest BCUT2D eigenvalue weighted by Crippen LogP contribution is 2.30. The lowest BCUT2D eigenvalue weighted by Crippen LogP contribution is -2.37. The number of ether oxygens (including phenoxy) is 1. The van der Waals surface area contributed by atoms with Crippen LogP contribution >= 0.6 is 11.6 Å². The summed E-state index contributed by atoms with van der Waals surface area (Å²) in [4.78, 5) is 35.1. The van der Waals surface area contributed by atoms with Crippen LogP contribution in [-0.2, 0) is 4.79 Å². The lowest BCUT2D eigenvalue weighted by molar-refractivity contribution is -0.121. The highest BCUT2D eigenvalue weighted by atomic mass is 35.5. The molecule has 0 bridgehead atoms. The third-order valence-corrected chi connectivity index (χ3v) is 4.03. The van der Waals surface area contributed by atoms with Gasteiger partial charge in [0, 0.05) is 17.5 Å². The lowest BCUT2D eigenvalue weighted by Gasteiger charge is -2.10. The molecule has 144 valence electrons. The minimum absolute atomic E-state index is 0.0725. The van der Waals surface area contributed by atoms with Gasteiger partial charge in [-0.2, -0.15) is 0 Å². The van der Waals surface area contributed by atoms with Gasteiger partial charge in [0.2, 0.25) is 0 Å². The van der Waals surface area contributed by atoms with Crippen LogP contribution in [0.1, 0.15) is 5.56 Å². The molecule has 9 heteroatoms. The van der Waals surface area contributed by atoms with Gasteiger partial charge in [-0.05, 0) is 30.7 Å². The van der Waals surface area contributed by atoms with Gasteiger partial charge in [-0.1, -0.05) is 23.7 Å². The Morgan fingerprint density at radius 3 is 2.71 bits per heavy atom. The lowest BCUT2D eigenvalue weighted by atomic mass is 10.1. The van der Waals surface area contributed by atoms with E-state index in [1.807, 2.05) is 5.32 Å². The van der Waals surface area contributed by atoms with Crippen LogP contribution in [0.15, 0.2) is 51.7 Å². The number of imide groups is 1. The molecule has 0 radical (unpaired) electrons. The number of hydrogen-bond acceptors (Lipinski definition) is 5. The molecule has 0 unspecified atom stereocenters. The van der Waals surface area contributed by atoms with Crippen molar-refractivity contribution in [3.05, 3.63) is 69.3 Å². The fourth-order valence-electron chi connectivity index (χ4n) is 2.45. The number of nitrogens with one attached hydrogen (secondary N) is 2. The minimum atomic E-state index is -0.912. The Labute approximate surface area is 163 Å². The normalized spacial score (nSPS) is 10.5. The molecule has 0 saturated carbocycles. The minimum Gasteiger partial charge on any atom is -0.482 e. The number of urea groups is 1. The topological polar surface area (TPSA) is 97.6 Å². The fraction of sp³-hybridized carbons (Fsp3) is 0.105. The Balaban J connectivity index is 1.64. The number of rotatable bonds is 4. The van der Waals surface area contributed by atoms with Crippen LogP contribution < -0.4 is 21.0 Å². The quantitative estimate of drug-likeness (QED) is 0.647. The van der Waals surface area contributed by atoms with Gasteiger partial charge in [-0.25, -0.2) is 14.0 Å². The summed E-state index contributed by atoms with van der Waals surface area (Å²) in [5, 5.41) is 5.05. The maximum absolute atomic E-state index is 13.5. The first-order chi connectivity index (χ1) is 13.3. The van der Waals surface area contributed by atoms with Crippen molar-refractivity contribution in [3.8, 4) is 5.75 Å². The zero-order valence-corrected chi connectivity index (χ0v) is 15.3. The fourth-order valence-corrected chi connectivity index (χ4v) is 2.67. The molecule has 0 atom stereocenters. The molecular formula is C19H14ClFN2O5. The summed E-state index contributed by atoms with van der Waals surface area (Å²) < 4.78 is 23.9. The van der Waals surface area contributed by atoms with Crippen molar-refractivity contribution in [1.29, 1.82) is 0 Å². The molecule has 2 N–H and O–H groups in total. The summed E-state index contributed by atoms with van der Waals surface area (Å²) in [6, 6.07) is 8.88. The zero-order valence-electron chi connectivity index (χ0n) is 14.5. The van der Waals surface area contributed by atoms with E-state index >= 15 is 0 Å². The number of hydrogen-bond donors (Lipinski definition) is 2. The molecule has 3 rings (SSSR count). The summed E-state index contributed by atoms with van der Waals surface area (Å²) in [6.45, 7) is 1.20. The van der Waals surface area contributed by atoms with Crippen LogP contribution in [0.5, 0.6) is 5.75 Å². The van der Waals surface area contributed by atoms with Gasteiger partial charge in [0.25, 0.3) is 5.91 Å². The van der Waals surface area contributed by atoms with Crippen LogP contribution in [0.4, 0.5) is 14.9 Å². The second-order valence-corrected chi connectivity index (χ2v) is 6.21. The smallest absolute Gasteiger partial charge is 0.336 e. The highest BCUT2D eigenvalue weighted by molar-refractivity contribution is 6.32. The Kier molecular flexibility index (Phi) is 5.60. The molecule has 28 heavy (non-hydrogen) atoms. The van der Waals surface area contributed by atoms with E-state index in [9.17, 15) is 18.8 Å². The van der Waals surface area contributed by atoms with Gasteiger partial charge >= 0.3 is 11.7 Å². The van der Waals surface area contributed by atoms with Crippen LogP contribution in [0.2, 0.25) is 5.02 Å². The van der Waals surface area contributed by atoms with Crippen LogP contribution in [0.25, 0.3) is 11.0 Å². The van der Waals surface area contributed by atoms with Gasteiger partial charge < -0.3 is 14.5 Å². The molecule has 0 aliphatic rings. The third kappa shape index (κ3) is 4.47. The SMILES string of the molecule is Cc1cc(=O)oc2cc(OCC(=O)NC(=O)Nc3ccccc3F)c(Cl)cc12. The highest BCUT2D eigenvalue weighted by Gasteiger charge is 2.13. The van der Waals surface area contributed by atoms with Gasteiger partial charge in [0.15, 0.2) is 6.61 Å². The van der Waals surface area contributed by atoms with Gasteiger partial charge in [-0.3, -0.25) is 10.1 Å². The van der Waals surface area contributed by atoms with Crippen molar-refractivity contribution in [2.24, 2.45) is 0 Å². The second kappa shape index (κ2) is 8.10. The molecule has 0 saturated heterocycles. The number of para-hydroxylation sites is 1. The number of carbonyl (C=O) groups is 2. The zero-order chi connectivity index (χ0) is 20.3. The van der Waals surface area contributed by atoms with Crippen molar-refractivity contribution >= 4 is 40.2 Å². The van der Waals surface area contributed by atoms with Crippen molar-refractivity contribution < 1.29 is 23.1 Å². The average Bonchev–Trinajstić information content (AvgIpc) is 2.62. The molecule has 3 aromatic rings. The Hall–Kier alpha value is -3.39. The number of carbonyl (C=O) groups excluding carboxylic acids is 2. The van der Waals surface area contributed by atoms with Crippen LogP contribution in [-0.4, -0.2) is 18.5 Å². The number of fused-ring (bicyclic) bond motifs is 1. The number of aryl methyl sites for hydroxylation is 1.